The molecule has 3 nitrogen and oxygen atoms in total. The Hall–Kier alpha value is -1.42. The van der Waals surface area contributed by atoms with Crippen molar-refractivity contribution in [2.75, 3.05) is 19.0 Å². The Morgan fingerprint density at radius 3 is 2.70 bits per heavy atom. The fourth-order valence-corrected chi connectivity index (χ4v) is 2.35. The van der Waals surface area contributed by atoms with Crippen LogP contribution < -0.4 is 10.1 Å². The van der Waals surface area contributed by atoms with Crippen LogP contribution in [0.1, 0.15) is 11.6 Å². The maximum Gasteiger partial charge on any atom is 0.120 e. The van der Waals surface area contributed by atoms with E-state index in [0.717, 1.165) is 17.0 Å². The molecule has 0 spiro atoms. The number of hydrogen-bond donors (Lipinski definition) is 2. The normalized spacial score (nSPS) is 12.0. The second-order valence-corrected chi connectivity index (χ2v) is 5.12. The smallest absolute Gasteiger partial charge is 0.120 e. The molecular formula is C15H15Cl2NO2. The van der Waals surface area contributed by atoms with Crippen LogP contribution in [0.3, 0.4) is 0 Å². The first kappa shape index (κ1) is 15.0. The molecule has 0 saturated carbocycles. The molecule has 0 aliphatic carbocycles. The van der Waals surface area contributed by atoms with Gasteiger partial charge in [0, 0.05) is 21.8 Å². The Kier molecular flexibility index (Phi) is 5.12. The summed E-state index contributed by atoms with van der Waals surface area (Å²) in [6.45, 7) is -0.0999. The highest BCUT2D eigenvalue weighted by Crippen LogP contribution is 2.29. The first-order valence-electron chi connectivity index (χ1n) is 6.10. The average molecular weight is 312 g/mol. The third kappa shape index (κ3) is 3.57. The SMILES string of the molecule is COc1cccc(NC(CO)c2cc(Cl)ccc2Cl)c1. The Balaban J connectivity index is 2.26. The summed E-state index contributed by atoms with van der Waals surface area (Å²) >= 11 is 12.1. The summed E-state index contributed by atoms with van der Waals surface area (Å²) in [5, 5.41) is 13.9. The Morgan fingerprint density at radius 2 is 2.00 bits per heavy atom. The van der Waals surface area contributed by atoms with Gasteiger partial charge in [0.25, 0.3) is 0 Å². The standard InChI is InChI=1S/C15H15Cl2NO2/c1-20-12-4-2-3-11(8-12)18-15(9-19)13-7-10(16)5-6-14(13)17/h2-8,15,18-19H,9H2,1H3. The molecule has 5 heteroatoms. The predicted molar refractivity (Wildman–Crippen MR) is 82.9 cm³/mol. The lowest BCUT2D eigenvalue weighted by Gasteiger charge is -2.20. The van der Waals surface area contributed by atoms with Crippen LogP contribution in [0.5, 0.6) is 5.75 Å². The lowest BCUT2D eigenvalue weighted by atomic mass is 10.1. The van der Waals surface area contributed by atoms with Gasteiger partial charge in [0.05, 0.1) is 19.8 Å². The van der Waals surface area contributed by atoms with Crippen LogP contribution in [0, 0.1) is 0 Å². The number of nitrogens with one attached hydrogen (secondary N) is 1. The molecule has 0 fully saturated rings. The van der Waals surface area contributed by atoms with E-state index in [4.69, 9.17) is 27.9 Å². The predicted octanol–water partition coefficient (Wildman–Crippen LogP) is 4.15. The number of benzene rings is 2. The van der Waals surface area contributed by atoms with Gasteiger partial charge in [-0.15, -0.1) is 0 Å². The molecule has 2 rings (SSSR count). The highest BCUT2D eigenvalue weighted by molar-refractivity contribution is 6.33. The Labute approximate surface area is 128 Å². The molecule has 0 heterocycles. The molecule has 0 radical (unpaired) electrons. The van der Waals surface area contributed by atoms with Gasteiger partial charge in [0.2, 0.25) is 0 Å². The van der Waals surface area contributed by atoms with Crippen molar-refractivity contribution in [2.45, 2.75) is 6.04 Å². The fourth-order valence-electron chi connectivity index (χ4n) is 1.92. The summed E-state index contributed by atoms with van der Waals surface area (Å²) in [6, 6.07) is 12.3. The van der Waals surface area contributed by atoms with Gasteiger partial charge in [-0.05, 0) is 35.9 Å². The molecule has 2 aromatic carbocycles. The van der Waals surface area contributed by atoms with Crippen molar-refractivity contribution in [1.82, 2.24) is 0 Å². The second kappa shape index (κ2) is 6.84. The molecule has 0 amide bonds. The lowest BCUT2D eigenvalue weighted by Crippen LogP contribution is -2.15. The van der Waals surface area contributed by atoms with Crippen LogP contribution in [0.25, 0.3) is 0 Å². The molecule has 0 aromatic heterocycles. The number of rotatable bonds is 5. The van der Waals surface area contributed by atoms with Gasteiger partial charge in [-0.3, -0.25) is 0 Å². The zero-order chi connectivity index (χ0) is 14.5. The number of methoxy groups -OCH3 is 1. The van der Waals surface area contributed by atoms with E-state index in [2.05, 4.69) is 5.32 Å². The topological polar surface area (TPSA) is 41.5 Å². The highest BCUT2D eigenvalue weighted by Gasteiger charge is 2.14. The molecular weight excluding hydrogens is 297 g/mol. The summed E-state index contributed by atoms with van der Waals surface area (Å²) in [5.74, 6) is 0.740. The van der Waals surface area contributed by atoms with E-state index in [1.165, 1.54) is 0 Å². The van der Waals surface area contributed by atoms with Gasteiger partial charge < -0.3 is 15.2 Å². The van der Waals surface area contributed by atoms with Crippen molar-refractivity contribution in [3.05, 3.63) is 58.1 Å². The molecule has 0 aliphatic rings. The van der Waals surface area contributed by atoms with E-state index in [9.17, 15) is 5.11 Å². The number of halogens is 2. The van der Waals surface area contributed by atoms with Gasteiger partial charge in [-0.1, -0.05) is 29.3 Å². The van der Waals surface area contributed by atoms with Gasteiger partial charge in [-0.2, -0.15) is 0 Å². The summed E-state index contributed by atoms with van der Waals surface area (Å²) in [4.78, 5) is 0. The van der Waals surface area contributed by atoms with E-state index < -0.39 is 0 Å². The molecule has 20 heavy (non-hydrogen) atoms. The Morgan fingerprint density at radius 1 is 1.20 bits per heavy atom. The van der Waals surface area contributed by atoms with Crippen LogP contribution >= 0.6 is 23.2 Å². The van der Waals surface area contributed by atoms with E-state index in [1.807, 2.05) is 24.3 Å². The largest absolute Gasteiger partial charge is 0.497 e. The van der Waals surface area contributed by atoms with Gasteiger partial charge in [-0.25, -0.2) is 0 Å². The number of aliphatic hydroxyl groups is 1. The van der Waals surface area contributed by atoms with Crippen molar-refractivity contribution >= 4 is 28.9 Å². The molecule has 0 aliphatic heterocycles. The van der Waals surface area contributed by atoms with E-state index in [-0.39, 0.29) is 12.6 Å². The zero-order valence-corrected chi connectivity index (χ0v) is 12.4. The third-order valence-electron chi connectivity index (χ3n) is 2.93. The fraction of sp³-hybridized carbons (Fsp3) is 0.200. The summed E-state index contributed by atoms with van der Waals surface area (Å²) < 4.78 is 5.17. The van der Waals surface area contributed by atoms with Gasteiger partial charge >= 0.3 is 0 Å². The maximum atomic E-state index is 9.59. The van der Waals surface area contributed by atoms with E-state index in [0.29, 0.717) is 10.0 Å². The number of ether oxygens (including phenoxy) is 1. The van der Waals surface area contributed by atoms with Crippen molar-refractivity contribution in [2.24, 2.45) is 0 Å². The van der Waals surface area contributed by atoms with Crippen molar-refractivity contribution in [1.29, 1.82) is 0 Å². The van der Waals surface area contributed by atoms with Crippen LogP contribution in [0.15, 0.2) is 42.5 Å². The first-order chi connectivity index (χ1) is 9.63. The van der Waals surface area contributed by atoms with Crippen molar-refractivity contribution < 1.29 is 9.84 Å². The molecule has 2 aromatic rings. The van der Waals surface area contributed by atoms with Gasteiger partial charge in [0.1, 0.15) is 5.75 Å². The zero-order valence-electron chi connectivity index (χ0n) is 10.9. The lowest BCUT2D eigenvalue weighted by molar-refractivity contribution is 0.276. The molecule has 1 unspecified atom stereocenters. The molecule has 106 valence electrons. The minimum Gasteiger partial charge on any atom is -0.497 e. The first-order valence-corrected chi connectivity index (χ1v) is 6.86. The highest BCUT2D eigenvalue weighted by atomic mass is 35.5. The van der Waals surface area contributed by atoms with Crippen LogP contribution in [-0.2, 0) is 0 Å². The van der Waals surface area contributed by atoms with E-state index in [1.54, 1.807) is 25.3 Å². The summed E-state index contributed by atoms with van der Waals surface area (Å²) in [7, 11) is 1.61. The van der Waals surface area contributed by atoms with Crippen LogP contribution in [0.2, 0.25) is 10.0 Å². The van der Waals surface area contributed by atoms with Crippen molar-refractivity contribution in [3.8, 4) is 5.75 Å². The summed E-state index contributed by atoms with van der Waals surface area (Å²) in [5.41, 5.74) is 1.59. The van der Waals surface area contributed by atoms with Crippen molar-refractivity contribution in [3.63, 3.8) is 0 Å². The van der Waals surface area contributed by atoms with Gasteiger partial charge in [0.15, 0.2) is 0 Å². The number of aliphatic hydroxyl groups excluding tert-OH is 1. The molecule has 0 saturated heterocycles. The number of anilines is 1. The summed E-state index contributed by atoms with van der Waals surface area (Å²) in [6.07, 6.45) is 0. The molecule has 1 atom stereocenters. The monoisotopic (exact) mass is 311 g/mol. The van der Waals surface area contributed by atoms with E-state index >= 15 is 0 Å². The number of hydrogen-bond acceptors (Lipinski definition) is 3. The minimum atomic E-state index is -0.340. The molecule has 0 bridgehead atoms. The quantitative estimate of drug-likeness (QED) is 0.871. The minimum absolute atomic E-state index is 0.0999. The molecule has 2 N–H and O–H groups in total. The Bertz CT molecular complexity index is 590. The van der Waals surface area contributed by atoms with Crippen LogP contribution in [0.4, 0.5) is 5.69 Å². The average Bonchev–Trinajstić information content (AvgIpc) is 2.47. The van der Waals surface area contributed by atoms with Crippen LogP contribution in [-0.4, -0.2) is 18.8 Å². The third-order valence-corrected chi connectivity index (χ3v) is 3.51. The maximum absolute atomic E-state index is 9.59. The second-order valence-electron chi connectivity index (χ2n) is 4.28.